The van der Waals surface area contributed by atoms with Gasteiger partial charge in [-0.05, 0) is 39.5 Å². The van der Waals surface area contributed by atoms with E-state index in [0.717, 1.165) is 31.4 Å². The van der Waals surface area contributed by atoms with Crippen molar-refractivity contribution in [1.82, 2.24) is 25.1 Å². The Morgan fingerprint density at radius 1 is 1.25 bits per heavy atom. The molecule has 0 unspecified atom stereocenters. The predicted octanol–water partition coefficient (Wildman–Crippen LogP) is 3.07. The first-order chi connectivity index (χ1) is 13.5. The van der Waals surface area contributed by atoms with E-state index >= 15 is 0 Å². The molecule has 1 aliphatic carbocycles. The summed E-state index contributed by atoms with van der Waals surface area (Å²) < 4.78 is 5.72. The van der Waals surface area contributed by atoms with Gasteiger partial charge < -0.3 is 15.0 Å². The fraction of sp³-hybridized carbons (Fsp3) is 0.526. The minimum atomic E-state index is -0.191. The molecule has 3 heterocycles. The van der Waals surface area contributed by atoms with Crippen LogP contribution in [0.25, 0.3) is 0 Å². The van der Waals surface area contributed by atoms with Gasteiger partial charge in [0.15, 0.2) is 11.5 Å². The molecule has 4 atom stereocenters. The van der Waals surface area contributed by atoms with Crippen LogP contribution >= 0.6 is 0 Å². The number of nitrogens with one attached hydrogen (secondary N) is 2. The Morgan fingerprint density at radius 3 is 2.75 bits per heavy atom. The highest BCUT2D eigenvalue weighted by Crippen LogP contribution is 2.37. The van der Waals surface area contributed by atoms with Gasteiger partial charge >= 0.3 is 6.09 Å². The third-order valence-electron chi connectivity index (χ3n) is 5.55. The summed E-state index contributed by atoms with van der Waals surface area (Å²) in [5, 5.41) is 19.2. The topological polar surface area (TPSA) is 120 Å². The Morgan fingerprint density at radius 2 is 2.07 bits per heavy atom. The van der Waals surface area contributed by atoms with E-state index in [2.05, 4.69) is 39.3 Å². The summed E-state index contributed by atoms with van der Waals surface area (Å²) in [6, 6.07) is 4.41. The first-order valence-electron chi connectivity index (χ1n) is 9.57. The number of hydrogen-bond acceptors (Lipinski definition) is 7. The lowest BCUT2D eigenvalue weighted by atomic mass is 9.97. The second-order valence-corrected chi connectivity index (χ2v) is 7.59. The van der Waals surface area contributed by atoms with Crippen LogP contribution in [0.3, 0.4) is 0 Å². The zero-order chi connectivity index (χ0) is 19.7. The maximum Gasteiger partial charge on any atom is 0.410 e. The van der Waals surface area contributed by atoms with Gasteiger partial charge in [-0.25, -0.2) is 14.8 Å². The molecule has 1 amide bonds. The highest BCUT2D eigenvalue weighted by molar-refractivity contribution is 5.69. The van der Waals surface area contributed by atoms with Crippen LogP contribution in [-0.4, -0.2) is 49.3 Å². The maximum atomic E-state index is 12.3. The first kappa shape index (κ1) is 18.2. The largest absolute Gasteiger partial charge is 0.446 e. The summed E-state index contributed by atoms with van der Waals surface area (Å²) in [7, 11) is 0. The highest BCUT2D eigenvalue weighted by atomic mass is 16.6. The van der Waals surface area contributed by atoms with Gasteiger partial charge in [-0.3, -0.25) is 5.10 Å². The van der Waals surface area contributed by atoms with Gasteiger partial charge in [0.1, 0.15) is 18.0 Å². The minimum Gasteiger partial charge on any atom is -0.446 e. The van der Waals surface area contributed by atoms with Gasteiger partial charge in [0.05, 0.1) is 12.4 Å². The number of amides is 1. The molecule has 9 nitrogen and oxygen atoms in total. The first-order valence-corrected chi connectivity index (χ1v) is 9.57. The van der Waals surface area contributed by atoms with Crippen LogP contribution < -0.4 is 5.32 Å². The Labute approximate surface area is 163 Å². The number of rotatable bonds is 4. The summed E-state index contributed by atoms with van der Waals surface area (Å²) in [6.45, 7) is 4.10. The molecule has 1 aliphatic heterocycles. The summed E-state index contributed by atoms with van der Waals surface area (Å²) in [4.78, 5) is 22.3. The van der Waals surface area contributed by atoms with Crippen molar-refractivity contribution in [2.24, 2.45) is 0 Å². The Kier molecular flexibility index (Phi) is 4.86. The van der Waals surface area contributed by atoms with Crippen molar-refractivity contribution in [2.45, 2.75) is 63.6 Å². The van der Waals surface area contributed by atoms with Crippen LogP contribution in [-0.2, 0) is 4.74 Å². The summed E-state index contributed by atoms with van der Waals surface area (Å²) in [5.41, 5.74) is 1.27. The summed E-state index contributed by atoms with van der Waals surface area (Å²) in [5.74, 6) is 1.44. The SMILES string of the molecule is C[C@@H]1C[C@H](C)N1C(=O)O[C@@H]1CC[C@H](c2cc(Nc3cnc(C#N)cn3)n[nH]2)C1. The zero-order valence-corrected chi connectivity index (χ0v) is 15.9. The number of carbonyl (C=O) groups is 1. The van der Waals surface area contributed by atoms with Gasteiger partial charge in [-0.2, -0.15) is 10.4 Å². The molecule has 9 heteroatoms. The normalized spacial score (nSPS) is 26.4. The molecule has 2 aliphatic rings. The fourth-order valence-corrected chi connectivity index (χ4v) is 4.10. The van der Waals surface area contributed by atoms with E-state index in [-0.39, 0.29) is 35.9 Å². The smallest absolute Gasteiger partial charge is 0.410 e. The lowest BCUT2D eigenvalue weighted by Crippen LogP contribution is -2.56. The van der Waals surface area contributed by atoms with Gasteiger partial charge in [-0.15, -0.1) is 0 Å². The molecular formula is C19H23N7O2. The molecule has 4 rings (SSSR count). The van der Waals surface area contributed by atoms with Crippen molar-refractivity contribution in [3.8, 4) is 6.07 Å². The van der Waals surface area contributed by atoms with E-state index in [0.29, 0.717) is 11.6 Å². The average molecular weight is 381 g/mol. The molecule has 2 N–H and O–H groups in total. The third-order valence-corrected chi connectivity index (χ3v) is 5.55. The van der Waals surface area contributed by atoms with Crippen LogP contribution in [0.4, 0.5) is 16.4 Å². The molecule has 0 spiro atoms. The second-order valence-electron chi connectivity index (χ2n) is 7.59. The number of aromatic amines is 1. The van der Waals surface area contributed by atoms with Crippen molar-refractivity contribution in [3.05, 3.63) is 29.8 Å². The number of nitriles is 1. The Hall–Kier alpha value is -3.15. The van der Waals surface area contributed by atoms with Crippen LogP contribution in [0.2, 0.25) is 0 Å². The molecule has 1 saturated carbocycles. The van der Waals surface area contributed by atoms with Gasteiger partial charge in [0, 0.05) is 29.8 Å². The Bertz CT molecular complexity index is 880. The molecule has 2 aromatic rings. The quantitative estimate of drug-likeness (QED) is 0.835. The summed E-state index contributed by atoms with van der Waals surface area (Å²) >= 11 is 0. The third kappa shape index (κ3) is 3.63. The number of H-pyrrole nitrogens is 1. The molecule has 0 radical (unpaired) electrons. The van der Waals surface area contributed by atoms with Gasteiger partial charge in [0.2, 0.25) is 0 Å². The molecule has 146 valence electrons. The van der Waals surface area contributed by atoms with E-state index < -0.39 is 0 Å². The number of nitrogens with zero attached hydrogens (tertiary/aromatic N) is 5. The van der Waals surface area contributed by atoms with Crippen molar-refractivity contribution >= 4 is 17.7 Å². The van der Waals surface area contributed by atoms with Crippen LogP contribution in [0.15, 0.2) is 18.5 Å². The van der Waals surface area contributed by atoms with Crippen molar-refractivity contribution in [2.75, 3.05) is 5.32 Å². The molecule has 0 aromatic carbocycles. The Balaban J connectivity index is 1.32. The summed E-state index contributed by atoms with van der Waals surface area (Å²) in [6.07, 6.45) is 6.29. The van der Waals surface area contributed by atoms with E-state index in [1.165, 1.54) is 12.4 Å². The number of aromatic nitrogens is 4. The van der Waals surface area contributed by atoms with Gasteiger partial charge in [-0.1, -0.05) is 0 Å². The standard InChI is InChI=1S/C19H23N7O2/c1-11-5-12(2)26(11)19(27)28-15-4-3-13(6-15)16-7-17(25-24-16)23-18-10-21-14(8-20)9-22-18/h7,9-13,15H,3-6H2,1-2H3,(H2,22,23,24,25)/t11-,12+,13-,15+/m0/s1. The maximum absolute atomic E-state index is 12.3. The molecule has 2 fully saturated rings. The lowest BCUT2D eigenvalue weighted by molar-refractivity contribution is 0.000894. The van der Waals surface area contributed by atoms with Crippen LogP contribution in [0.1, 0.15) is 56.8 Å². The predicted molar refractivity (Wildman–Crippen MR) is 101 cm³/mol. The highest BCUT2D eigenvalue weighted by Gasteiger charge is 2.39. The number of likely N-dealkylation sites (tertiary alicyclic amines) is 1. The average Bonchev–Trinajstić information content (AvgIpc) is 3.31. The monoisotopic (exact) mass is 381 g/mol. The molecular weight excluding hydrogens is 358 g/mol. The molecule has 1 saturated heterocycles. The second kappa shape index (κ2) is 7.46. The lowest BCUT2D eigenvalue weighted by Gasteiger charge is -2.44. The van der Waals surface area contributed by atoms with Gasteiger partial charge in [0.25, 0.3) is 0 Å². The van der Waals surface area contributed by atoms with E-state index in [9.17, 15) is 4.79 Å². The molecule has 2 aromatic heterocycles. The van der Waals surface area contributed by atoms with Crippen LogP contribution in [0.5, 0.6) is 0 Å². The van der Waals surface area contributed by atoms with Crippen molar-refractivity contribution in [3.63, 3.8) is 0 Å². The molecule has 28 heavy (non-hydrogen) atoms. The van der Waals surface area contributed by atoms with Crippen LogP contribution in [0, 0.1) is 11.3 Å². The molecule has 0 bridgehead atoms. The van der Waals surface area contributed by atoms with Crippen molar-refractivity contribution in [1.29, 1.82) is 5.26 Å². The number of carbonyl (C=O) groups excluding carboxylic acids is 1. The number of hydrogen-bond donors (Lipinski definition) is 2. The minimum absolute atomic E-state index is 0.0541. The van der Waals surface area contributed by atoms with E-state index in [1.807, 2.05) is 17.0 Å². The number of anilines is 2. The number of ether oxygens (including phenoxy) is 1. The van der Waals surface area contributed by atoms with Crippen molar-refractivity contribution < 1.29 is 9.53 Å². The van der Waals surface area contributed by atoms with E-state index in [1.54, 1.807) is 0 Å². The van der Waals surface area contributed by atoms with E-state index in [4.69, 9.17) is 10.00 Å². The zero-order valence-electron chi connectivity index (χ0n) is 15.9. The fourth-order valence-electron chi connectivity index (χ4n) is 4.10.